The van der Waals surface area contributed by atoms with E-state index >= 15 is 0 Å². The van der Waals surface area contributed by atoms with Gasteiger partial charge in [-0.3, -0.25) is 9.97 Å². The number of imidazole rings is 1. The molecule has 0 aliphatic heterocycles. The highest BCUT2D eigenvalue weighted by Crippen LogP contribution is 2.27. The van der Waals surface area contributed by atoms with Crippen LogP contribution in [0.2, 0.25) is 0 Å². The number of nitrogens with zero attached hydrogens (tertiary/aromatic N) is 3. The summed E-state index contributed by atoms with van der Waals surface area (Å²) in [4.78, 5) is 16.6. The molecule has 0 aliphatic carbocycles. The van der Waals surface area contributed by atoms with Crippen LogP contribution in [0.5, 0.6) is 0 Å². The molecule has 55 heavy (non-hydrogen) atoms. The van der Waals surface area contributed by atoms with Crippen LogP contribution in [0.4, 0.5) is 0 Å². The summed E-state index contributed by atoms with van der Waals surface area (Å²) >= 11 is 0. The zero-order valence-electron chi connectivity index (χ0n) is 35.1. The lowest BCUT2D eigenvalue weighted by molar-refractivity contribution is 0.570. The normalized spacial score (nSPS) is 11.8. The van der Waals surface area contributed by atoms with E-state index in [0.29, 0.717) is 5.92 Å². The van der Waals surface area contributed by atoms with Gasteiger partial charge in [-0.15, -0.1) is 0 Å². The van der Waals surface area contributed by atoms with E-state index in [4.69, 9.17) is 0 Å². The maximum absolute atomic E-state index is 4.48. The van der Waals surface area contributed by atoms with Crippen LogP contribution in [0.25, 0.3) is 43.5 Å². The number of hydrogen-bond donors (Lipinski definition) is 1. The quantitative estimate of drug-likeness (QED) is 0.183. The molecule has 0 aliphatic rings. The summed E-state index contributed by atoms with van der Waals surface area (Å²) in [6.45, 7) is 26.3. The fourth-order valence-electron chi connectivity index (χ4n) is 6.27. The van der Waals surface area contributed by atoms with Gasteiger partial charge in [-0.1, -0.05) is 173 Å². The van der Waals surface area contributed by atoms with Crippen LogP contribution in [0.15, 0.2) is 134 Å². The molecule has 0 fully saturated rings. The number of fused-ring (bicyclic) bond motifs is 4. The zero-order valence-corrected chi connectivity index (χ0v) is 35.1. The van der Waals surface area contributed by atoms with Crippen molar-refractivity contribution < 1.29 is 0 Å². The molecule has 1 N–H and O–H groups in total. The number of benzene rings is 5. The highest BCUT2D eigenvalue weighted by molar-refractivity contribution is 5.84. The Hall–Kier alpha value is -5.35. The van der Waals surface area contributed by atoms with Crippen molar-refractivity contribution in [1.82, 2.24) is 19.9 Å². The van der Waals surface area contributed by atoms with E-state index in [1.165, 1.54) is 43.6 Å². The van der Waals surface area contributed by atoms with Crippen molar-refractivity contribution in [2.75, 3.05) is 0 Å². The summed E-state index contributed by atoms with van der Waals surface area (Å²) in [6, 6.07) is 42.5. The van der Waals surface area contributed by atoms with Gasteiger partial charge < -0.3 is 4.98 Å². The number of aromatic nitrogens is 4. The molecule has 0 saturated heterocycles. The van der Waals surface area contributed by atoms with Crippen LogP contribution in [-0.2, 0) is 16.2 Å². The molecule has 5 aromatic carbocycles. The van der Waals surface area contributed by atoms with Crippen molar-refractivity contribution in [2.24, 2.45) is 0 Å². The maximum atomic E-state index is 4.48. The van der Waals surface area contributed by atoms with E-state index in [-0.39, 0.29) is 16.2 Å². The molecule has 0 unspecified atom stereocenters. The Labute approximate surface area is 329 Å². The van der Waals surface area contributed by atoms with E-state index < -0.39 is 0 Å². The maximum Gasteiger partial charge on any atom is 0.104 e. The number of hydrogen-bond acceptors (Lipinski definition) is 3. The molecule has 8 rings (SSSR count). The van der Waals surface area contributed by atoms with Crippen LogP contribution >= 0.6 is 0 Å². The summed E-state index contributed by atoms with van der Waals surface area (Å²) in [5, 5.41) is 6.35. The first-order valence-electron chi connectivity index (χ1n) is 19.6. The molecule has 8 aromatic rings. The Bertz CT molecular complexity index is 2270. The van der Waals surface area contributed by atoms with Crippen molar-refractivity contribution in [3.05, 3.63) is 162 Å². The average molecular weight is 729 g/mol. The van der Waals surface area contributed by atoms with Crippen LogP contribution in [-0.4, -0.2) is 19.9 Å². The Morgan fingerprint density at radius 2 is 1.05 bits per heavy atom. The fraction of sp³-hybridized carbons (Fsp3) is 0.314. The predicted molar refractivity (Wildman–Crippen MR) is 238 cm³/mol. The Balaban J connectivity index is 0.000000141. The molecule has 0 atom stereocenters. The molecule has 284 valence electrons. The summed E-state index contributed by atoms with van der Waals surface area (Å²) in [5.74, 6) is 1.52. The van der Waals surface area contributed by atoms with Gasteiger partial charge in [0.1, 0.15) is 5.82 Å². The molecule has 0 saturated carbocycles. The van der Waals surface area contributed by atoms with Crippen molar-refractivity contribution in [3.63, 3.8) is 0 Å². The third-order valence-electron chi connectivity index (χ3n) is 9.76. The second kappa shape index (κ2) is 17.0. The summed E-state index contributed by atoms with van der Waals surface area (Å²) in [6.07, 6.45) is 3.93. The first kappa shape index (κ1) is 40.8. The Kier molecular flexibility index (Phi) is 12.6. The average Bonchev–Trinajstić information content (AvgIpc) is 3.54. The summed E-state index contributed by atoms with van der Waals surface area (Å²) < 4.78 is 0. The molecular formula is C51H60N4. The number of H-pyrrole nitrogens is 1. The number of nitrogens with one attached hydrogen (secondary N) is 1. The lowest BCUT2D eigenvalue weighted by Gasteiger charge is -2.19. The van der Waals surface area contributed by atoms with Crippen LogP contribution in [0.1, 0.15) is 110 Å². The topological polar surface area (TPSA) is 54.5 Å². The second-order valence-electron chi connectivity index (χ2n) is 17.9. The van der Waals surface area contributed by atoms with Gasteiger partial charge >= 0.3 is 0 Å². The molecule has 3 aromatic heterocycles. The molecule has 0 bridgehead atoms. The van der Waals surface area contributed by atoms with Crippen molar-refractivity contribution in [1.29, 1.82) is 0 Å². The van der Waals surface area contributed by atoms with Crippen molar-refractivity contribution >= 4 is 43.5 Å². The molecular weight excluding hydrogens is 669 g/mol. The van der Waals surface area contributed by atoms with Gasteiger partial charge in [-0.05, 0) is 80.8 Å². The lowest BCUT2D eigenvalue weighted by Crippen LogP contribution is -2.12. The minimum atomic E-state index is 0.129. The SMILES string of the molecule is CC(C)(C)c1cc2ccccc2cn1.CC(C)(C)c1ccc2ccccc2c1.CC(C)(C)c1cnc2ccccc2c1.Cc1nc2c(C(C)C)cccc2[nH]1. The molecule has 4 heteroatoms. The highest BCUT2D eigenvalue weighted by Gasteiger charge is 2.16. The first-order valence-corrected chi connectivity index (χ1v) is 19.6. The van der Waals surface area contributed by atoms with E-state index in [1.54, 1.807) is 0 Å². The number of aryl methyl sites for hydroxylation is 1. The highest BCUT2D eigenvalue weighted by atomic mass is 14.9. The number of para-hydroxylation sites is 2. The van der Waals surface area contributed by atoms with E-state index in [2.05, 4.69) is 199 Å². The Morgan fingerprint density at radius 3 is 1.67 bits per heavy atom. The van der Waals surface area contributed by atoms with Gasteiger partial charge in [-0.2, -0.15) is 0 Å². The fourth-order valence-corrected chi connectivity index (χ4v) is 6.27. The Morgan fingerprint density at radius 1 is 0.491 bits per heavy atom. The van der Waals surface area contributed by atoms with Crippen LogP contribution < -0.4 is 0 Å². The van der Waals surface area contributed by atoms with Gasteiger partial charge in [0.25, 0.3) is 0 Å². The largest absolute Gasteiger partial charge is 0.342 e. The van der Waals surface area contributed by atoms with Crippen molar-refractivity contribution in [3.8, 4) is 0 Å². The van der Waals surface area contributed by atoms with Gasteiger partial charge in [0, 0.05) is 34.3 Å². The number of pyridine rings is 2. The van der Waals surface area contributed by atoms with E-state index in [1.807, 2.05) is 37.5 Å². The summed E-state index contributed by atoms with van der Waals surface area (Å²) in [5.41, 5.74) is 9.04. The predicted octanol–water partition coefficient (Wildman–Crippen LogP) is 14.2. The van der Waals surface area contributed by atoms with E-state index in [0.717, 1.165) is 28.1 Å². The molecule has 3 heterocycles. The zero-order chi connectivity index (χ0) is 40.0. The molecule has 0 amide bonds. The van der Waals surface area contributed by atoms with Gasteiger partial charge in [0.05, 0.1) is 16.6 Å². The monoisotopic (exact) mass is 728 g/mol. The summed E-state index contributed by atoms with van der Waals surface area (Å²) in [7, 11) is 0. The van der Waals surface area contributed by atoms with Gasteiger partial charge in [0.2, 0.25) is 0 Å². The standard InChI is InChI=1S/C14H16.2C13H15N.C11H14N2/c1-14(2,3)13-9-8-11-6-4-5-7-12(11)10-13;1-13(2,3)11-8-10-6-4-5-7-12(10)14-9-11;1-13(2,3)12-8-10-6-4-5-7-11(10)9-14-12;1-7(2)9-5-4-6-10-11(9)13-8(3)12-10/h4-10H,1-3H3;2*4-9H,1-3H3;4-7H,1-3H3,(H,12,13). The minimum absolute atomic E-state index is 0.129. The smallest absolute Gasteiger partial charge is 0.104 e. The third kappa shape index (κ3) is 10.9. The molecule has 0 spiro atoms. The second-order valence-corrected chi connectivity index (χ2v) is 17.9. The van der Waals surface area contributed by atoms with E-state index in [9.17, 15) is 0 Å². The van der Waals surface area contributed by atoms with Gasteiger partial charge in [-0.25, -0.2) is 4.98 Å². The number of rotatable bonds is 1. The van der Waals surface area contributed by atoms with Gasteiger partial charge in [0.15, 0.2) is 0 Å². The molecule has 0 radical (unpaired) electrons. The third-order valence-corrected chi connectivity index (χ3v) is 9.76. The lowest BCUT2D eigenvalue weighted by atomic mass is 9.86. The minimum Gasteiger partial charge on any atom is -0.342 e. The van der Waals surface area contributed by atoms with Crippen molar-refractivity contribution in [2.45, 2.75) is 105 Å². The number of aromatic amines is 1. The molecule has 4 nitrogen and oxygen atoms in total. The van der Waals surface area contributed by atoms with Crippen LogP contribution in [0.3, 0.4) is 0 Å². The van der Waals surface area contributed by atoms with Crippen LogP contribution in [0, 0.1) is 6.92 Å². The first-order chi connectivity index (χ1) is 25.9.